The highest BCUT2D eigenvalue weighted by atomic mass is 32.2. The van der Waals surface area contributed by atoms with E-state index in [-0.39, 0.29) is 10.8 Å². The van der Waals surface area contributed by atoms with Crippen LogP contribution in [0, 0.1) is 0 Å². The lowest BCUT2D eigenvalue weighted by Gasteiger charge is -2.10. The van der Waals surface area contributed by atoms with Gasteiger partial charge in [0.1, 0.15) is 0 Å². The van der Waals surface area contributed by atoms with Gasteiger partial charge in [-0.1, -0.05) is 42.5 Å². The molecule has 0 aliphatic carbocycles. The van der Waals surface area contributed by atoms with Crippen LogP contribution in [0.15, 0.2) is 83.8 Å². The van der Waals surface area contributed by atoms with Crippen molar-refractivity contribution in [2.75, 3.05) is 10.0 Å². The molecule has 0 saturated carbocycles. The average molecular weight is 366 g/mol. The van der Waals surface area contributed by atoms with Crippen LogP contribution >= 0.6 is 0 Å². The van der Waals surface area contributed by atoms with Crippen LogP contribution in [0.25, 0.3) is 11.1 Å². The Morgan fingerprint density at radius 1 is 0.731 bits per heavy atom. The summed E-state index contributed by atoms with van der Waals surface area (Å²) in [6, 6.07) is 23.0. The van der Waals surface area contributed by atoms with E-state index in [2.05, 4.69) is 10.0 Å². The lowest BCUT2D eigenvalue weighted by molar-refractivity contribution is -0.114. The maximum Gasteiger partial charge on any atom is 0.261 e. The maximum absolute atomic E-state index is 12.5. The van der Waals surface area contributed by atoms with Gasteiger partial charge in [0, 0.05) is 18.3 Å². The molecule has 1 amide bonds. The first-order valence-electron chi connectivity index (χ1n) is 8.00. The molecule has 26 heavy (non-hydrogen) atoms. The van der Waals surface area contributed by atoms with Crippen molar-refractivity contribution in [2.45, 2.75) is 11.8 Å². The standard InChI is InChI=1S/C20H18N2O3S/c1-15(23)21-18-11-13-20(14-12-18)26(24,25)22-19-9-7-17(8-10-19)16-5-3-2-4-6-16/h2-14,22H,1H3,(H,21,23). The van der Waals surface area contributed by atoms with Gasteiger partial charge in [0.05, 0.1) is 4.90 Å². The van der Waals surface area contributed by atoms with Crippen molar-refractivity contribution >= 4 is 27.3 Å². The summed E-state index contributed by atoms with van der Waals surface area (Å²) in [6.07, 6.45) is 0. The van der Waals surface area contributed by atoms with E-state index in [0.717, 1.165) is 11.1 Å². The Hall–Kier alpha value is -3.12. The first-order valence-corrected chi connectivity index (χ1v) is 9.48. The Bertz CT molecular complexity index is 997. The molecule has 5 nitrogen and oxygen atoms in total. The van der Waals surface area contributed by atoms with Gasteiger partial charge < -0.3 is 5.32 Å². The second-order valence-corrected chi connectivity index (χ2v) is 7.44. The van der Waals surface area contributed by atoms with Crippen LogP contribution in [0.1, 0.15) is 6.92 Å². The molecule has 6 heteroatoms. The zero-order valence-electron chi connectivity index (χ0n) is 14.1. The molecule has 0 spiro atoms. The molecule has 3 rings (SSSR count). The number of rotatable bonds is 5. The van der Waals surface area contributed by atoms with Crippen LogP contribution in [-0.4, -0.2) is 14.3 Å². The quantitative estimate of drug-likeness (QED) is 0.713. The SMILES string of the molecule is CC(=O)Nc1ccc(S(=O)(=O)Nc2ccc(-c3ccccc3)cc2)cc1. The Balaban J connectivity index is 1.76. The molecular weight excluding hydrogens is 348 g/mol. The van der Waals surface area contributed by atoms with Crippen molar-refractivity contribution in [3.8, 4) is 11.1 Å². The van der Waals surface area contributed by atoms with Gasteiger partial charge in [-0.3, -0.25) is 9.52 Å². The number of anilines is 2. The van der Waals surface area contributed by atoms with Crippen LogP contribution in [-0.2, 0) is 14.8 Å². The minimum Gasteiger partial charge on any atom is -0.326 e. The van der Waals surface area contributed by atoms with E-state index in [1.54, 1.807) is 24.3 Å². The summed E-state index contributed by atoms with van der Waals surface area (Å²) in [5.41, 5.74) is 3.10. The predicted molar refractivity (Wildman–Crippen MR) is 103 cm³/mol. The molecule has 0 atom stereocenters. The molecule has 0 fully saturated rings. The predicted octanol–water partition coefficient (Wildman–Crippen LogP) is 4.11. The number of hydrogen-bond acceptors (Lipinski definition) is 3. The summed E-state index contributed by atoms with van der Waals surface area (Å²) >= 11 is 0. The molecule has 0 aromatic heterocycles. The van der Waals surface area contributed by atoms with Crippen LogP contribution in [0.3, 0.4) is 0 Å². The molecule has 2 N–H and O–H groups in total. The number of amides is 1. The van der Waals surface area contributed by atoms with Gasteiger partial charge in [-0.2, -0.15) is 0 Å². The van der Waals surface area contributed by atoms with E-state index in [0.29, 0.717) is 11.4 Å². The fourth-order valence-electron chi connectivity index (χ4n) is 2.50. The van der Waals surface area contributed by atoms with Crippen molar-refractivity contribution in [1.82, 2.24) is 0 Å². The lowest BCUT2D eigenvalue weighted by Crippen LogP contribution is -2.13. The summed E-state index contributed by atoms with van der Waals surface area (Å²) in [6.45, 7) is 1.39. The summed E-state index contributed by atoms with van der Waals surface area (Å²) in [7, 11) is -3.70. The number of nitrogens with one attached hydrogen (secondary N) is 2. The van der Waals surface area contributed by atoms with Crippen molar-refractivity contribution in [1.29, 1.82) is 0 Å². The van der Waals surface area contributed by atoms with E-state index in [1.807, 2.05) is 42.5 Å². The number of carbonyl (C=O) groups excluding carboxylic acids is 1. The molecule has 0 heterocycles. The summed E-state index contributed by atoms with van der Waals surface area (Å²) in [4.78, 5) is 11.1. The normalized spacial score (nSPS) is 11.0. The summed E-state index contributed by atoms with van der Waals surface area (Å²) < 4.78 is 27.5. The molecule has 3 aromatic carbocycles. The second kappa shape index (κ2) is 7.41. The molecule has 0 aliphatic rings. The minimum absolute atomic E-state index is 0.124. The van der Waals surface area contributed by atoms with Crippen molar-refractivity contribution in [3.05, 3.63) is 78.9 Å². The van der Waals surface area contributed by atoms with Gasteiger partial charge in [0.2, 0.25) is 5.91 Å². The Kier molecular flexibility index (Phi) is 5.04. The topological polar surface area (TPSA) is 75.3 Å². The molecular formula is C20H18N2O3S. The van der Waals surface area contributed by atoms with Crippen molar-refractivity contribution in [3.63, 3.8) is 0 Å². The van der Waals surface area contributed by atoms with Crippen molar-refractivity contribution < 1.29 is 13.2 Å². The van der Waals surface area contributed by atoms with Gasteiger partial charge in [-0.15, -0.1) is 0 Å². The third-order valence-corrected chi connectivity index (χ3v) is 5.13. The van der Waals surface area contributed by atoms with Gasteiger partial charge in [0.25, 0.3) is 10.0 Å². The zero-order chi connectivity index (χ0) is 18.6. The maximum atomic E-state index is 12.5. The summed E-state index contributed by atoms with van der Waals surface area (Å²) in [5, 5.41) is 2.60. The fraction of sp³-hybridized carbons (Fsp3) is 0.0500. The smallest absolute Gasteiger partial charge is 0.261 e. The molecule has 0 saturated heterocycles. The first-order chi connectivity index (χ1) is 12.4. The second-order valence-electron chi connectivity index (χ2n) is 5.75. The fourth-order valence-corrected chi connectivity index (χ4v) is 3.55. The lowest BCUT2D eigenvalue weighted by atomic mass is 10.1. The molecule has 0 aliphatic heterocycles. The van der Waals surface area contributed by atoms with Gasteiger partial charge in [0.15, 0.2) is 0 Å². The first kappa shape index (κ1) is 17.7. The number of sulfonamides is 1. The van der Waals surface area contributed by atoms with Gasteiger partial charge in [-0.05, 0) is 47.5 Å². The Labute approximate surface area is 152 Å². The molecule has 0 bridgehead atoms. The highest BCUT2D eigenvalue weighted by Gasteiger charge is 2.14. The Morgan fingerprint density at radius 3 is 1.85 bits per heavy atom. The third kappa shape index (κ3) is 4.29. The van der Waals surface area contributed by atoms with E-state index >= 15 is 0 Å². The molecule has 0 radical (unpaired) electrons. The van der Waals surface area contributed by atoms with Crippen molar-refractivity contribution in [2.24, 2.45) is 0 Å². The monoisotopic (exact) mass is 366 g/mol. The van der Waals surface area contributed by atoms with Gasteiger partial charge >= 0.3 is 0 Å². The molecule has 3 aromatic rings. The molecule has 0 unspecified atom stereocenters. The van der Waals surface area contributed by atoms with E-state index in [9.17, 15) is 13.2 Å². The number of benzene rings is 3. The van der Waals surface area contributed by atoms with Crippen LogP contribution in [0.2, 0.25) is 0 Å². The highest BCUT2D eigenvalue weighted by Crippen LogP contribution is 2.23. The number of hydrogen-bond donors (Lipinski definition) is 2. The van der Waals surface area contributed by atoms with Gasteiger partial charge in [-0.25, -0.2) is 8.42 Å². The Morgan fingerprint density at radius 2 is 1.27 bits per heavy atom. The van der Waals surface area contributed by atoms with Crippen LogP contribution in [0.5, 0.6) is 0 Å². The highest BCUT2D eigenvalue weighted by molar-refractivity contribution is 7.92. The van der Waals surface area contributed by atoms with E-state index in [4.69, 9.17) is 0 Å². The number of carbonyl (C=O) groups is 1. The summed E-state index contributed by atoms with van der Waals surface area (Å²) in [5.74, 6) is -0.211. The molecule has 132 valence electrons. The minimum atomic E-state index is -3.70. The van der Waals surface area contributed by atoms with E-state index < -0.39 is 10.0 Å². The van der Waals surface area contributed by atoms with Crippen LogP contribution < -0.4 is 10.0 Å². The zero-order valence-corrected chi connectivity index (χ0v) is 15.0. The van der Waals surface area contributed by atoms with Crippen LogP contribution in [0.4, 0.5) is 11.4 Å². The largest absolute Gasteiger partial charge is 0.326 e. The average Bonchev–Trinajstić information content (AvgIpc) is 2.63. The van der Waals surface area contributed by atoms with E-state index in [1.165, 1.54) is 19.1 Å². The third-order valence-electron chi connectivity index (χ3n) is 3.73.